The fourth-order valence-corrected chi connectivity index (χ4v) is 1.08. The Morgan fingerprint density at radius 3 is 2.44 bits per heavy atom. The normalized spacial score (nSPS) is 9.75. The molecule has 0 spiro atoms. The maximum absolute atomic E-state index is 10.4. The SMILES string of the molecule is O=[N+]([O-])c1ccc(Oc2ccncc2)cn1. The lowest BCUT2D eigenvalue weighted by Gasteiger charge is -2.02. The Morgan fingerprint density at radius 1 is 1.12 bits per heavy atom. The van der Waals surface area contributed by atoms with Crippen molar-refractivity contribution in [2.45, 2.75) is 0 Å². The summed E-state index contributed by atoms with van der Waals surface area (Å²) < 4.78 is 5.39. The van der Waals surface area contributed by atoms with Gasteiger partial charge in [-0.15, -0.1) is 0 Å². The minimum absolute atomic E-state index is 0.206. The Hall–Kier alpha value is -2.50. The van der Waals surface area contributed by atoms with Crippen LogP contribution in [0.25, 0.3) is 0 Å². The van der Waals surface area contributed by atoms with Crippen LogP contribution in [-0.2, 0) is 0 Å². The summed E-state index contributed by atoms with van der Waals surface area (Å²) in [5.41, 5.74) is 0. The molecule has 0 aliphatic rings. The summed E-state index contributed by atoms with van der Waals surface area (Å²) in [7, 11) is 0. The predicted molar refractivity (Wildman–Crippen MR) is 55.2 cm³/mol. The second-order valence-corrected chi connectivity index (χ2v) is 2.89. The van der Waals surface area contributed by atoms with Gasteiger partial charge in [-0.05, 0) is 28.1 Å². The molecule has 2 aromatic rings. The highest BCUT2D eigenvalue weighted by atomic mass is 16.6. The third-order valence-corrected chi connectivity index (χ3v) is 1.79. The van der Waals surface area contributed by atoms with Crippen molar-refractivity contribution in [1.82, 2.24) is 9.97 Å². The second kappa shape index (κ2) is 4.35. The van der Waals surface area contributed by atoms with E-state index in [-0.39, 0.29) is 5.82 Å². The van der Waals surface area contributed by atoms with Crippen molar-refractivity contribution < 1.29 is 9.66 Å². The summed E-state index contributed by atoms with van der Waals surface area (Å²) in [5, 5.41) is 10.4. The number of nitro groups is 1. The predicted octanol–water partition coefficient (Wildman–Crippen LogP) is 2.18. The zero-order valence-electron chi connectivity index (χ0n) is 8.11. The van der Waals surface area contributed by atoms with Gasteiger partial charge in [0.2, 0.25) is 0 Å². The van der Waals surface area contributed by atoms with E-state index in [2.05, 4.69) is 9.97 Å². The van der Waals surface area contributed by atoms with Gasteiger partial charge in [-0.2, -0.15) is 0 Å². The highest BCUT2D eigenvalue weighted by Crippen LogP contribution is 2.20. The van der Waals surface area contributed by atoms with Crippen LogP contribution in [0.15, 0.2) is 42.9 Å². The summed E-state index contributed by atoms with van der Waals surface area (Å²) in [6.45, 7) is 0. The van der Waals surface area contributed by atoms with Gasteiger partial charge < -0.3 is 14.9 Å². The van der Waals surface area contributed by atoms with E-state index in [4.69, 9.17) is 4.74 Å². The van der Waals surface area contributed by atoms with E-state index in [0.717, 1.165) is 0 Å². The van der Waals surface area contributed by atoms with Crippen molar-refractivity contribution in [3.05, 3.63) is 53.0 Å². The maximum atomic E-state index is 10.4. The van der Waals surface area contributed by atoms with Crippen LogP contribution < -0.4 is 4.74 Å². The standard InChI is InChI=1S/C10H7N3O3/c14-13(15)10-2-1-9(7-12-10)16-8-3-5-11-6-4-8/h1-7H. The lowest BCUT2D eigenvalue weighted by molar-refractivity contribution is -0.389. The van der Waals surface area contributed by atoms with Crippen LogP contribution in [-0.4, -0.2) is 14.9 Å². The average Bonchev–Trinajstić information content (AvgIpc) is 2.31. The lowest BCUT2D eigenvalue weighted by Crippen LogP contribution is -1.92. The second-order valence-electron chi connectivity index (χ2n) is 2.89. The first-order valence-electron chi connectivity index (χ1n) is 4.44. The van der Waals surface area contributed by atoms with Gasteiger partial charge in [-0.25, -0.2) is 0 Å². The number of ether oxygens (including phenoxy) is 1. The molecule has 0 fully saturated rings. The molecule has 0 aromatic carbocycles. The van der Waals surface area contributed by atoms with Crippen LogP contribution in [0, 0.1) is 10.1 Å². The maximum Gasteiger partial charge on any atom is 0.363 e. The molecule has 2 heterocycles. The van der Waals surface area contributed by atoms with Gasteiger partial charge in [0, 0.05) is 18.5 Å². The van der Waals surface area contributed by atoms with E-state index in [1.165, 1.54) is 18.3 Å². The smallest absolute Gasteiger partial charge is 0.363 e. The van der Waals surface area contributed by atoms with Crippen molar-refractivity contribution in [3.63, 3.8) is 0 Å². The molecule has 6 heteroatoms. The minimum atomic E-state index is -0.559. The van der Waals surface area contributed by atoms with Crippen LogP contribution >= 0.6 is 0 Å². The Morgan fingerprint density at radius 2 is 1.88 bits per heavy atom. The first kappa shape index (κ1) is 10.0. The zero-order chi connectivity index (χ0) is 11.4. The fraction of sp³-hybridized carbons (Fsp3) is 0. The highest BCUT2D eigenvalue weighted by Gasteiger charge is 2.07. The monoisotopic (exact) mass is 217 g/mol. The first-order chi connectivity index (χ1) is 7.75. The lowest BCUT2D eigenvalue weighted by atomic mass is 10.4. The van der Waals surface area contributed by atoms with Gasteiger partial charge in [0.15, 0.2) is 11.9 Å². The van der Waals surface area contributed by atoms with E-state index in [0.29, 0.717) is 11.5 Å². The third-order valence-electron chi connectivity index (χ3n) is 1.79. The Kier molecular flexibility index (Phi) is 2.73. The van der Waals surface area contributed by atoms with Crippen LogP contribution in [0.1, 0.15) is 0 Å². The van der Waals surface area contributed by atoms with Gasteiger partial charge in [0.1, 0.15) is 5.75 Å². The van der Waals surface area contributed by atoms with Crippen LogP contribution in [0.4, 0.5) is 5.82 Å². The van der Waals surface area contributed by atoms with Crippen LogP contribution in [0.5, 0.6) is 11.5 Å². The van der Waals surface area contributed by atoms with Gasteiger partial charge >= 0.3 is 5.82 Å². The van der Waals surface area contributed by atoms with Gasteiger partial charge in [0.05, 0.1) is 0 Å². The van der Waals surface area contributed by atoms with E-state index < -0.39 is 4.92 Å². The molecule has 80 valence electrons. The fourth-order valence-electron chi connectivity index (χ4n) is 1.08. The van der Waals surface area contributed by atoms with Gasteiger partial charge in [-0.3, -0.25) is 4.98 Å². The van der Waals surface area contributed by atoms with Crippen molar-refractivity contribution in [2.24, 2.45) is 0 Å². The summed E-state index contributed by atoms with van der Waals surface area (Å²) in [6, 6.07) is 6.14. The van der Waals surface area contributed by atoms with Crippen molar-refractivity contribution >= 4 is 5.82 Å². The van der Waals surface area contributed by atoms with Crippen molar-refractivity contribution in [1.29, 1.82) is 0 Å². The number of pyridine rings is 2. The molecule has 0 N–H and O–H groups in total. The molecule has 0 aliphatic carbocycles. The number of hydrogen-bond donors (Lipinski definition) is 0. The number of aromatic nitrogens is 2. The molecular formula is C10H7N3O3. The number of nitrogens with zero attached hydrogens (tertiary/aromatic N) is 3. The van der Waals surface area contributed by atoms with E-state index in [1.807, 2.05) is 0 Å². The quantitative estimate of drug-likeness (QED) is 0.581. The minimum Gasteiger partial charge on any atom is -0.453 e. The molecule has 16 heavy (non-hydrogen) atoms. The summed E-state index contributed by atoms with van der Waals surface area (Å²) in [4.78, 5) is 17.3. The first-order valence-corrected chi connectivity index (χ1v) is 4.44. The molecule has 2 rings (SSSR count). The van der Waals surface area contributed by atoms with Gasteiger partial charge in [0.25, 0.3) is 0 Å². The summed E-state index contributed by atoms with van der Waals surface area (Å²) in [6.07, 6.45) is 4.49. The summed E-state index contributed by atoms with van der Waals surface area (Å²) >= 11 is 0. The zero-order valence-corrected chi connectivity index (χ0v) is 8.11. The average molecular weight is 217 g/mol. The Bertz CT molecular complexity index is 484. The third kappa shape index (κ3) is 2.30. The molecule has 6 nitrogen and oxygen atoms in total. The van der Waals surface area contributed by atoms with Crippen LogP contribution in [0.2, 0.25) is 0 Å². The highest BCUT2D eigenvalue weighted by molar-refractivity contribution is 5.31. The number of hydrogen-bond acceptors (Lipinski definition) is 5. The molecule has 0 saturated heterocycles. The molecule has 0 amide bonds. The molecule has 0 aliphatic heterocycles. The van der Waals surface area contributed by atoms with E-state index in [1.54, 1.807) is 24.5 Å². The Balaban J connectivity index is 2.14. The largest absolute Gasteiger partial charge is 0.453 e. The molecule has 2 aromatic heterocycles. The van der Waals surface area contributed by atoms with Crippen molar-refractivity contribution in [2.75, 3.05) is 0 Å². The number of rotatable bonds is 3. The molecular weight excluding hydrogens is 210 g/mol. The van der Waals surface area contributed by atoms with E-state index in [9.17, 15) is 10.1 Å². The molecule has 0 saturated carbocycles. The van der Waals surface area contributed by atoms with Crippen LogP contribution in [0.3, 0.4) is 0 Å². The molecule has 0 unspecified atom stereocenters. The summed E-state index contributed by atoms with van der Waals surface area (Å²) in [5.74, 6) is 0.838. The van der Waals surface area contributed by atoms with E-state index >= 15 is 0 Å². The topological polar surface area (TPSA) is 78.2 Å². The molecule has 0 atom stereocenters. The molecule has 0 radical (unpaired) electrons. The Labute approximate surface area is 90.7 Å². The van der Waals surface area contributed by atoms with Gasteiger partial charge in [-0.1, -0.05) is 0 Å². The molecule has 0 bridgehead atoms. The van der Waals surface area contributed by atoms with Crippen molar-refractivity contribution in [3.8, 4) is 11.5 Å².